The third kappa shape index (κ3) is 2.04. The highest BCUT2D eigenvalue weighted by atomic mass is 32.1. The third-order valence-corrected chi connectivity index (χ3v) is 2.75. The van der Waals surface area contributed by atoms with Gasteiger partial charge in [-0.25, -0.2) is 0 Å². The van der Waals surface area contributed by atoms with Crippen molar-refractivity contribution >= 4 is 30.0 Å². The molecule has 1 heterocycles. The molecule has 4 heteroatoms. The average molecular weight is 221 g/mol. The summed E-state index contributed by atoms with van der Waals surface area (Å²) in [4.78, 5) is 22.5. The Hall–Kier alpha value is -1.29. The minimum absolute atomic E-state index is 0.0121. The van der Waals surface area contributed by atoms with Crippen molar-refractivity contribution in [1.82, 2.24) is 0 Å². The van der Waals surface area contributed by atoms with Gasteiger partial charge in [-0.15, -0.1) is 0 Å². The highest BCUT2D eigenvalue weighted by molar-refractivity contribution is 7.81. The van der Waals surface area contributed by atoms with Crippen molar-refractivity contribution in [2.45, 2.75) is 12.8 Å². The number of nitrogens with one attached hydrogen (secondary N) is 1. The number of hydrogen-bond acceptors (Lipinski definition) is 3. The number of thiol groups is 1. The quantitative estimate of drug-likeness (QED) is 0.589. The highest BCUT2D eigenvalue weighted by Gasteiger charge is 2.15. The van der Waals surface area contributed by atoms with Gasteiger partial charge in [-0.3, -0.25) is 9.59 Å². The zero-order valence-corrected chi connectivity index (χ0v) is 9.01. The number of fused-ring (bicyclic) bond motifs is 1. The van der Waals surface area contributed by atoms with Gasteiger partial charge in [0, 0.05) is 17.7 Å². The van der Waals surface area contributed by atoms with Crippen LogP contribution in [0.15, 0.2) is 18.2 Å². The fourth-order valence-corrected chi connectivity index (χ4v) is 1.83. The monoisotopic (exact) mass is 221 g/mol. The number of amides is 1. The van der Waals surface area contributed by atoms with Crippen LogP contribution in [0.3, 0.4) is 0 Å². The van der Waals surface area contributed by atoms with Crippen molar-refractivity contribution in [3.63, 3.8) is 0 Å². The van der Waals surface area contributed by atoms with Crippen molar-refractivity contribution in [2.24, 2.45) is 0 Å². The third-order valence-electron chi connectivity index (χ3n) is 2.47. The average Bonchev–Trinajstić information content (AvgIpc) is 2.27. The van der Waals surface area contributed by atoms with Gasteiger partial charge in [0.05, 0.1) is 5.75 Å². The molecule has 0 bridgehead atoms. The Morgan fingerprint density at radius 1 is 1.40 bits per heavy atom. The summed E-state index contributed by atoms with van der Waals surface area (Å²) in [5, 5.41) is 2.77. The second-order valence-electron chi connectivity index (χ2n) is 3.50. The first-order valence-corrected chi connectivity index (χ1v) is 5.41. The van der Waals surface area contributed by atoms with Crippen molar-refractivity contribution in [1.29, 1.82) is 0 Å². The van der Waals surface area contributed by atoms with Crippen LogP contribution < -0.4 is 5.32 Å². The molecule has 0 saturated carbocycles. The zero-order chi connectivity index (χ0) is 10.8. The van der Waals surface area contributed by atoms with Gasteiger partial charge in [0.15, 0.2) is 5.78 Å². The van der Waals surface area contributed by atoms with Gasteiger partial charge < -0.3 is 5.32 Å². The van der Waals surface area contributed by atoms with Crippen LogP contribution >= 0.6 is 12.6 Å². The summed E-state index contributed by atoms with van der Waals surface area (Å²) >= 11 is 3.95. The summed E-state index contributed by atoms with van der Waals surface area (Å²) in [5.41, 5.74) is 2.52. The summed E-state index contributed by atoms with van der Waals surface area (Å²) in [7, 11) is 0. The maximum absolute atomic E-state index is 11.4. The number of hydrogen-bond donors (Lipinski definition) is 2. The van der Waals surface area contributed by atoms with E-state index in [0.29, 0.717) is 18.4 Å². The molecule has 1 aromatic carbocycles. The molecule has 1 N–H and O–H groups in total. The molecular formula is C11H11NO2S. The summed E-state index contributed by atoms with van der Waals surface area (Å²) in [6.45, 7) is 0. The molecule has 0 radical (unpaired) electrons. The van der Waals surface area contributed by atoms with E-state index in [2.05, 4.69) is 17.9 Å². The first-order valence-electron chi connectivity index (χ1n) is 4.77. The molecule has 0 aliphatic carbocycles. The second-order valence-corrected chi connectivity index (χ2v) is 3.82. The standard InChI is InChI=1S/C11H11NO2S/c13-10(6-15)8-1-3-9-7(5-8)2-4-11(14)12-9/h1,3,5,15H,2,4,6H2,(H,12,14). The smallest absolute Gasteiger partial charge is 0.224 e. The Balaban J connectivity index is 2.34. The molecule has 78 valence electrons. The first kappa shape index (κ1) is 10.2. The fourth-order valence-electron chi connectivity index (χ4n) is 1.65. The van der Waals surface area contributed by atoms with E-state index in [1.807, 2.05) is 6.07 Å². The van der Waals surface area contributed by atoms with Crippen LogP contribution in [0.1, 0.15) is 22.3 Å². The SMILES string of the molecule is O=C1CCc2cc(C(=O)CS)ccc2N1. The van der Waals surface area contributed by atoms with E-state index in [0.717, 1.165) is 11.3 Å². The number of benzene rings is 1. The topological polar surface area (TPSA) is 46.2 Å². The second kappa shape index (κ2) is 4.06. The molecule has 0 fully saturated rings. The number of Topliss-reactive ketones (excluding diaryl/α,β-unsaturated/α-hetero) is 1. The molecule has 0 unspecified atom stereocenters. The van der Waals surface area contributed by atoms with Gasteiger partial charge in [0.1, 0.15) is 0 Å². The predicted molar refractivity (Wildman–Crippen MR) is 61.6 cm³/mol. The lowest BCUT2D eigenvalue weighted by molar-refractivity contribution is -0.116. The summed E-state index contributed by atoms with van der Waals surface area (Å²) in [5.74, 6) is 0.263. The molecule has 0 atom stereocenters. The molecule has 0 spiro atoms. The Morgan fingerprint density at radius 3 is 2.93 bits per heavy atom. The van der Waals surface area contributed by atoms with E-state index >= 15 is 0 Å². The lowest BCUT2D eigenvalue weighted by Crippen LogP contribution is -2.19. The van der Waals surface area contributed by atoms with Crippen molar-refractivity contribution in [3.05, 3.63) is 29.3 Å². The molecular weight excluding hydrogens is 210 g/mol. The molecule has 0 aromatic heterocycles. The van der Waals surface area contributed by atoms with Gasteiger partial charge in [0.2, 0.25) is 5.91 Å². The number of ketones is 1. The minimum Gasteiger partial charge on any atom is -0.326 e. The maximum Gasteiger partial charge on any atom is 0.224 e. The van der Waals surface area contributed by atoms with Gasteiger partial charge in [-0.2, -0.15) is 12.6 Å². The van der Waals surface area contributed by atoms with Crippen LogP contribution in [-0.4, -0.2) is 17.4 Å². The van der Waals surface area contributed by atoms with E-state index in [9.17, 15) is 9.59 Å². The van der Waals surface area contributed by atoms with Crippen LogP contribution in [-0.2, 0) is 11.2 Å². The molecule has 1 amide bonds. The molecule has 3 nitrogen and oxygen atoms in total. The molecule has 0 saturated heterocycles. The number of rotatable bonds is 2. The van der Waals surface area contributed by atoms with Gasteiger partial charge in [-0.1, -0.05) is 0 Å². The predicted octanol–water partition coefficient (Wildman–Crippen LogP) is 1.68. The minimum atomic E-state index is 0.0121. The van der Waals surface area contributed by atoms with Crippen molar-refractivity contribution in [2.75, 3.05) is 11.1 Å². The Bertz CT molecular complexity index is 429. The number of anilines is 1. The summed E-state index contributed by atoms with van der Waals surface area (Å²) < 4.78 is 0. The van der Waals surface area contributed by atoms with Crippen molar-refractivity contribution < 1.29 is 9.59 Å². The van der Waals surface area contributed by atoms with E-state index in [1.165, 1.54) is 0 Å². The lowest BCUT2D eigenvalue weighted by Gasteiger charge is -2.17. The molecule has 1 aliphatic rings. The van der Waals surface area contributed by atoms with Crippen LogP contribution in [0, 0.1) is 0 Å². The van der Waals surface area contributed by atoms with Crippen LogP contribution in [0.2, 0.25) is 0 Å². The van der Waals surface area contributed by atoms with Gasteiger partial charge >= 0.3 is 0 Å². The Kier molecular flexibility index (Phi) is 2.77. The normalized spacial score (nSPS) is 14.3. The lowest BCUT2D eigenvalue weighted by atomic mass is 9.99. The van der Waals surface area contributed by atoms with E-state index in [4.69, 9.17) is 0 Å². The van der Waals surface area contributed by atoms with Crippen LogP contribution in [0.5, 0.6) is 0 Å². The number of carbonyl (C=O) groups excluding carboxylic acids is 2. The van der Waals surface area contributed by atoms with Crippen LogP contribution in [0.25, 0.3) is 0 Å². The molecule has 1 aliphatic heterocycles. The Morgan fingerprint density at radius 2 is 2.20 bits per heavy atom. The Labute approximate surface area is 93.3 Å². The number of carbonyl (C=O) groups is 2. The molecule has 2 rings (SSSR count). The first-order chi connectivity index (χ1) is 7.20. The van der Waals surface area contributed by atoms with E-state index in [1.54, 1.807) is 12.1 Å². The molecule has 15 heavy (non-hydrogen) atoms. The maximum atomic E-state index is 11.4. The summed E-state index contributed by atoms with van der Waals surface area (Å²) in [6.07, 6.45) is 1.19. The van der Waals surface area contributed by atoms with Gasteiger partial charge in [-0.05, 0) is 30.2 Å². The number of aryl methyl sites for hydroxylation is 1. The van der Waals surface area contributed by atoms with Crippen molar-refractivity contribution in [3.8, 4) is 0 Å². The summed E-state index contributed by atoms with van der Waals surface area (Å²) in [6, 6.07) is 5.35. The zero-order valence-electron chi connectivity index (χ0n) is 8.12. The molecule has 1 aromatic rings. The van der Waals surface area contributed by atoms with Crippen LogP contribution in [0.4, 0.5) is 5.69 Å². The van der Waals surface area contributed by atoms with Gasteiger partial charge in [0.25, 0.3) is 0 Å². The largest absolute Gasteiger partial charge is 0.326 e. The highest BCUT2D eigenvalue weighted by Crippen LogP contribution is 2.23. The van der Waals surface area contributed by atoms with E-state index in [-0.39, 0.29) is 17.4 Å². The fraction of sp³-hybridized carbons (Fsp3) is 0.273. The van der Waals surface area contributed by atoms with E-state index < -0.39 is 0 Å².